The molecule has 2 heterocycles. The Labute approximate surface area is 200 Å². The van der Waals surface area contributed by atoms with Crippen LogP contribution in [0.4, 0.5) is 5.69 Å². The summed E-state index contributed by atoms with van der Waals surface area (Å²) in [4.78, 5) is 52.0. The van der Waals surface area contributed by atoms with E-state index in [-0.39, 0.29) is 23.3 Å². The summed E-state index contributed by atoms with van der Waals surface area (Å²) in [6, 6.07) is 16.6. The van der Waals surface area contributed by atoms with Gasteiger partial charge in [0, 0.05) is 17.0 Å². The molecule has 0 radical (unpaired) electrons. The first kappa shape index (κ1) is 22.3. The number of aryl methyl sites for hydroxylation is 3. The molecule has 1 aliphatic heterocycles. The lowest BCUT2D eigenvalue weighted by molar-refractivity contribution is 0.0473. The standard InChI is InChI=1S/C28H21NO6/c1-15-4-6-17(3)23(10-15)29-26(31)21-9-7-18(12-22(21)27(29)32)28(33)34-14-19-13-25(30)35-24-11-16(2)5-8-20(19)24/h4-13H,14H2,1-3H3. The van der Waals surface area contributed by atoms with Crippen LogP contribution in [-0.2, 0) is 11.3 Å². The lowest BCUT2D eigenvalue weighted by Crippen LogP contribution is -2.30. The van der Waals surface area contributed by atoms with Crippen molar-refractivity contribution in [1.29, 1.82) is 0 Å². The van der Waals surface area contributed by atoms with Crippen LogP contribution >= 0.6 is 0 Å². The highest BCUT2D eigenvalue weighted by atomic mass is 16.5. The highest BCUT2D eigenvalue weighted by Gasteiger charge is 2.38. The number of imide groups is 1. The van der Waals surface area contributed by atoms with E-state index in [0.29, 0.717) is 22.2 Å². The lowest BCUT2D eigenvalue weighted by Gasteiger charge is -2.17. The zero-order valence-corrected chi connectivity index (χ0v) is 19.4. The molecule has 1 aromatic heterocycles. The number of benzene rings is 3. The smallest absolute Gasteiger partial charge is 0.338 e. The van der Waals surface area contributed by atoms with Crippen LogP contribution < -0.4 is 10.5 Å². The zero-order valence-electron chi connectivity index (χ0n) is 19.4. The second-order valence-electron chi connectivity index (χ2n) is 8.66. The molecule has 0 atom stereocenters. The van der Waals surface area contributed by atoms with Crippen LogP contribution in [0, 0.1) is 20.8 Å². The number of anilines is 1. The van der Waals surface area contributed by atoms with E-state index >= 15 is 0 Å². The molecule has 0 saturated heterocycles. The summed E-state index contributed by atoms with van der Waals surface area (Å²) in [6.07, 6.45) is 0. The first-order chi connectivity index (χ1) is 16.7. The highest BCUT2D eigenvalue weighted by molar-refractivity contribution is 6.35. The van der Waals surface area contributed by atoms with Crippen molar-refractivity contribution in [3.05, 3.63) is 110 Å². The number of esters is 1. The molecule has 2 amide bonds. The van der Waals surface area contributed by atoms with Crippen molar-refractivity contribution in [2.75, 3.05) is 4.90 Å². The van der Waals surface area contributed by atoms with Gasteiger partial charge in [-0.25, -0.2) is 14.5 Å². The largest absolute Gasteiger partial charge is 0.457 e. The van der Waals surface area contributed by atoms with E-state index in [4.69, 9.17) is 9.15 Å². The molecule has 1 aliphatic rings. The fraction of sp³-hybridized carbons (Fsp3) is 0.143. The van der Waals surface area contributed by atoms with Crippen LogP contribution in [0.5, 0.6) is 0 Å². The summed E-state index contributed by atoms with van der Waals surface area (Å²) in [5, 5.41) is 0.668. The van der Waals surface area contributed by atoms with Gasteiger partial charge in [0.15, 0.2) is 0 Å². The van der Waals surface area contributed by atoms with Crippen LogP contribution in [0.3, 0.4) is 0 Å². The van der Waals surface area contributed by atoms with Gasteiger partial charge in [-0.05, 0) is 67.8 Å². The van der Waals surface area contributed by atoms with Crippen molar-refractivity contribution < 1.29 is 23.5 Å². The van der Waals surface area contributed by atoms with Gasteiger partial charge < -0.3 is 9.15 Å². The first-order valence-electron chi connectivity index (χ1n) is 11.0. The van der Waals surface area contributed by atoms with Crippen molar-refractivity contribution in [3.8, 4) is 0 Å². The van der Waals surface area contributed by atoms with E-state index in [1.54, 1.807) is 18.2 Å². The average molecular weight is 467 g/mol. The summed E-state index contributed by atoms with van der Waals surface area (Å²) in [7, 11) is 0. The second kappa shape index (κ2) is 8.36. The van der Waals surface area contributed by atoms with Crippen LogP contribution in [0.1, 0.15) is 53.3 Å². The fourth-order valence-electron chi connectivity index (χ4n) is 4.23. The topological polar surface area (TPSA) is 93.9 Å². The van der Waals surface area contributed by atoms with Gasteiger partial charge in [-0.2, -0.15) is 0 Å². The molecule has 0 N–H and O–H groups in total. The zero-order chi connectivity index (χ0) is 24.9. The van der Waals surface area contributed by atoms with Gasteiger partial charge in [-0.1, -0.05) is 24.3 Å². The Balaban J connectivity index is 1.41. The van der Waals surface area contributed by atoms with Crippen LogP contribution in [0.15, 0.2) is 69.9 Å². The maximum absolute atomic E-state index is 13.1. The van der Waals surface area contributed by atoms with Gasteiger partial charge >= 0.3 is 11.6 Å². The van der Waals surface area contributed by atoms with E-state index in [1.807, 2.05) is 39.0 Å². The van der Waals surface area contributed by atoms with E-state index in [0.717, 1.165) is 21.6 Å². The Morgan fingerprint density at radius 2 is 1.54 bits per heavy atom. The average Bonchev–Trinajstić information content (AvgIpc) is 3.07. The molecule has 0 spiro atoms. The molecular weight excluding hydrogens is 446 g/mol. The summed E-state index contributed by atoms with van der Waals surface area (Å²) in [5.41, 5.74) is 4.06. The van der Waals surface area contributed by atoms with Crippen LogP contribution in [0.25, 0.3) is 11.0 Å². The molecule has 0 unspecified atom stereocenters. The minimum atomic E-state index is -0.674. The number of carbonyl (C=O) groups excluding carboxylic acids is 3. The number of nitrogens with zero attached hydrogens (tertiary/aromatic N) is 1. The van der Waals surface area contributed by atoms with Gasteiger partial charge in [-0.3, -0.25) is 9.59 Å². The van der Waals surface area contributed by atoms with Gasteiger partial charge in [0.1, 0.15) is 12.2 Å². The minimum absolute atomic E-state index is 0.135. The van der Waals surface area contributed by atoms with E-state index in [1.165, 1.54) is 24.3 Å². The lowest BCUT2D eigenvalue weighted by atomic mass is 10.1. The number of fused-ring (bicyclic) bond motifs is 2. The Morgan fingerprint density at radius 1 is 0.829 bits per heavy atom. The first-order valence-corrected chi connectivity index (χ1v) is 11.0. The number of amides is 2. The normalized spacial score (nSPS) is 12.8. The molecule has 5 rings (SSSR count). The van der Waals surface area contributed by atoms with Crippen molar-refractivity contribution >= 4 is 34.4 Å². The third-order valence-electron chi connectivity index (χ3n) is 6.07. The molecular formula is C28H21NO6. The molecule has 3 aromatic carbocycles. The summed E-state index contributed by atoms with van der Waals surface area (Å²) in [5.74, 6) is -1.60. The van der Waals surface area contributed by atoms with Crippen molar-refractivity contribution in [3.63, 3.8) is 0 Å². The number of rotatable bonds is 4. The van der Waals surface area contributed by atoms with E-state index in [2.05, 4.69) is 0 Å². The molecule has 0 fully saturated rings. The Hall–Kier alpha value is -4.52. The predicted molar refractivity (Wildman–Crippen MR) is 130 cm³/mol. The van der Waals surface area contributed by atoms with Crippen LogP contribution in [-0.4, -0.2) is 17.8 Å². The SMILES string of the molecule is Cc1ccc(C)c(N2C(=O)c3ccc(C(=O)OCc4cc(=O)oc5cc(C)ccc45)cc3C2=O)c1. The van der Waals surface area contributed by atoms with Crippen molar-refractivity contribution in [2.45, 2.75) is 27.4 Å². The highest BCUT2D eigenvalue weighted by Crippen LogP contribution is 2.32. The quantitative estimate of drug-likeness (QED) is 0.241. The van der Waals surface area contributed by atoms with Crippen LogP contribution in [0.2, 0.25) is 0 Å². The third kappa shape index (κ3) is 3.91. The molecule has 174 valence electrons. The third-order valence-corrected chi connectivity index (χ3v) is 6.07. The maximum atomic E-state index is 13.1. The van der Waals surface area contributed by atoms with Gasteiger partial charge in [0.2, 0.25) is 0 Å². The molecule has 7 heteroatoms. The summed E-state index contributed by atoms with van der Waals surface area (Å²) >= 11 is 0. The maximum Gasteiger partial charge on any atom is 0.338 e. The van der Waals surface area contributed by atoms with E-state index in [9.17, 15) is 19.2 Å². The molecule has 4 aromatic rings. The Morgan fingerprint density at radius 3 is 2.34 bits per heavy atom. The number of hydrogen-bond acceptors (Lipinski definition) is 6. The van der Waals surface area contributed by atoms with Crippen molar-refractivity contribution in [1.82, 2.24) is 0 Å². The van der Waals surface area contributed by atoms with E-state index < -0.39 is 23.4 Å². The van der Waals surface area contributed by atoms with Crippen molar-refractivity contribution in [2.24, 2.45) is 0 Å². The Kier molecular flexibility index (Phi) is 5.32. The van der Waals surface area contributed by atoms with Gasteiger partial charge in [0.05, 0.1) is 22.4 Å². The number of carbonyl (C=O) groups is 3. The predicted octanol–water partition coefficient (Wildman–Crippen LogP) is 4.88. The molecule has 0 saturated carbocycles. The Bertz CT molecular complexity index is 1610. The van der Waals surface area contributed by atoms with Gasteiger partial charge in [0.25, 0.3) is 11.8 Å². The number of ether oxygens (including phenoxy) is 1. The number of hydrogen-bond donors (Lipinski definition) is 0. The second-order valence-corrected chi connectivity index (χ2v) is 8.66. The molecule has 0 aliphatic carbocycles. The fourth-order valence-corrected chi connectivity index (χ4v) is 4.23. The molecule has 35 heavy (non-hydrogen) atoms. The minimum Gasteiger partial charge on any atom is -0.457 e. The molecule has 0 bridgehead atoms. The summed E-state index contributed by atoms with van der Waals surface area (Å²) < 4.78 is 10.7. The summed E-state index contributed by atoms with van der Waals surface area (Å²) in [6.45, 7) is 5.45. The van der Waals surface area contributed by atoms with Gasteiger partial charge in [-0.15, -0.1) is 0 Å². The monoisotopic (exact) mass is 467 g/mol. The molecule has 7 nitrogen and oxygen atoms in total.